The van der Waals surface area contributed by atoms with Gasteiger partial charge in [0.2, 0.25) is 0 Å². The number of carbonyl (C=O) groups is 1. The van der Waals surface area contributed by atoms with Gasteiger partial charge in [0.05, 0.1) is 13.0 Å². The van der Waals surface area contributed by atoms with Crippen molar-refractivity contribution in [1.82, 2.24) is 5.32 Å². The van der Waals surface area contributed by atoms with E-state index in [1.165, 1.54) is 19.3 Å². The molecule has 0 aliphatic heterocycles. The number of esters is 1. The van der Waals surface area contributed by atoms with Gasteiger partial charge >= 0.3 is 5.97 Å². The van der Waals surface area contributed by atoms with Crippen molar-refractivity contribution >= 4 is 5.97 Å². The second-order valence-electron chi connectivity index (χ2n) is 7.23. The second-order valence-corrected chi connectivity index (χ2v) is 7.23. The van der Waals surface area contributed by atoms with Crippen LogP contribution in [0.1, 0.15) is 73.1 Å². The second kappa shape index (κ2) is 7.44. The van der Waals surface area contributed by atoms with Crippen LogP contribution in [0.25, 0.3) is 0 Å². The summed E-state index contributed by atoms with van der Waals surface area (Å²) in [7, 11) is 0. The summed E-state index contributed by atoms with van der Waals surface area (Å²) in [4.78, 5) is 12.1. The van der Waals surface area contributed by atoms with E-state index >= 15 is 0 Å². The van der Waals surface area contributed by atoms with E-state index in [2.05, 4.69) is 33.0 Å². The van der Waals surface area contributed by atoms with Crippen LogP contribution in [0.15, 0.2) is 0 Å². The van der Waals surface area contributed by atoms with Crippen molar-refractivity contribution in [2.45, 2.75) is 78.7 Å². The molecule has 0 aromatic carbocycles. The Labute approximate surface area is 124 Å². The Bertz CT molecular complexity index is 309. The molecule has 1 aliphatic rings. The fourth-order valence-electron chi connectivity index (χ4n) is 3.83. The molecule has 0 aromatic heterocycles. The van der Waals surface area contributed by atoms with Crippen LogP contribution in [0, 0.1) is 11.3 Å². The standard InChI is InChI=1S/C17H33NO2/c1-6-12-18-17(13-15(19)20-7-2)11-9-8-10-14(17)16(3,4)5/h14,18H,6-13H2,1-5H3. The van der Waals surface area contributed by atoms with Gasteiger partial charge in [0, 0.05) is 5.54 Å². The van der Waals surface area contributed by atoms with E-state index in [1.807, 2.05) is 6.92 Å². The summed E-state index contributed by atoms with van der Waals surface area (Å²) < 4.78 is 5.23. The maximum absolute atomic E-state index is 12.1. The molecule has 0 heterocycles. The minimum atomic E-state index is -0.0707. The van der Waals surface area contributed by atoms with Gasteiger partial charge in [-0.25, -0.2) is 0 Å². The van der Waals surface area contributed by atoms with Gasteiger partial charge in [0.1, 0.15) is 0 Å². The zero-order valence-corrected chi connectivity index (χ0v) is 14.1. The Balaban J connectivity index is 2.95. The third-order valence-corrected chi connectivity index (χ3v) is 4.57. The van der Waals surface area contributed by atoms with Gasteiger partial charge in [0.25, 0.3) is 0 Å². The van der Waals surface area contributed by atoms with Gasteiger partial charge in [-0.2, -0.15) is 0 Å². The molecule has 1 N–H and O–H groups in total. The highest BCUT2D eigenvalue weighted by Gasteiger charge is 2.47. The third-order valence-electron chi connectivity index (χ3n) is 4.57. The van der Waals surface area contributed by atoms with Crippen LogP contribution in [-0.2, 0) is 9.53 Å². The average molecular weight is 283 g/mol. The largest absolute Gasteiger partial charge is 0.466 e. The Morgan fingerprint density at radius 2 is 2.00 bits per heavy atom. The molecular weight excluding hydrogens is 250 g/mol. The fourth-order valence-corrected chi connectivity index (χ4v) is 3.83. The lowest BCUT2D eigenvalue weighted by molar-refractivity contribution is -0.146. The first-order valence-electron chi connectivity index (χ1n) is 8.26. The zero-order chi connectivity index (χ0) is 15.2. The molecule has 0 bridgehead atoms. The first-order chi connectivity index (χ1) is 9.35. The lowest BCUT2D eigenvalue weighted by Crippen LogP contribution is -2.58. The van der Waals surface area contributed by atoms with Crippen molar-refractivity contribution in [2.75, 3.05) is 13.2 Å². The van der Waals surface area contributed by atoms with Gasteiger partial charge in [-0.1, -0.05) is 40.5 Å². The Morgan fingerprint density at radius 3 is 2.55 bits per heavy atom. The monoisotopic (exact) mass is 283 g/mol. The van der Waals surface area contributed by atoms with E-state index in [-0.39, 0.29) is 16.9 Å². The van der Waals surface area contributed by atoms with Gasteiger partial charge < -0.3 is 10.1 Å². The van der Waals surface area contributed by atoms with Crippen molar-refractivity contribution < 1.29 is 9.53 Å². The lowest BCUT2D eigenvalue weighted by atomic mass is 9.61. The van der Waals surface area contributed by atoms with E-state index in [9.17, 15) is 4.79 Å². The van der Waals surface area contributed by atoms with E-state index in [1.54, 1.807) is 0 Å². The Morgan fingerprint density at radius 1 is 1.30 bits per heavy atom. The highest BCUT2D eigenvalue weighted by Crippen LogP contribution is 2.46. The summed E-state index contributed by atoms with van der Waals surface area (Å²) in [5, 5.41) is 3.73. The van der Waals surface area contributed by atoms with Crippen molar-refractivity contribution in [2.24, 2.45) is 11.3 Å². The molecule has 3 heteroatoms. The van der Waals surface area contributed by atoms with Crippen LogP contribution < -0.4 is 5.32 Å². The fraction of sp³-hybridized carbons (Fsp3) is 0.941. The average Bonchev–Trinajstić information content (AvgIpc) is 2.36. The van der Waals surface area contributed by atoms with Crippen molar-refractivity contribution in [1.29, 1.82) is 0 Å². The molecule has 0 amide bonds. The van der Waals surface area contributed by atoms with Crippen molar-refractivity contribution in [3.05, 3.63) is 0 Å². The van der Waals surface area contributed by atoms with Crippen LogP contribution in [-0.4, -0.2) is 24.7 Å². The van der Waals surface area contributed by atoms with Gasteiger partial charge in [-0.3, -0.25) is 4.79 Å². The molecular formula is C17H33NO2. The molecule has 1 aliphatic carbocycles. The molecule has 0 radical (unpaired) electrons. The summed E-state index contributed by atoms with van der Waals surface area (Å²) >= 11 is 0. The van der Waals surface area contributed by atoms with E-state index in [0.29, 0.717) is 18.9 Å². The maximum atomic E-state index is 12.1. The minimum Gasteiger partial charge on any atom is -0.466 e. The molecule has 3 nitrogen and oxygen atoms in total. The molecule has 118 valence electrons. The van der Waals surface area contributed by atoms with Gasteiger partial charge in [-0.05, 0) is 44.1 Å². The van der Waals surface area contributed by atoms with Crippen LogP contribution in [0.5, 0.6) is 0 Å². The normalized spacial score (nSPS) is 27.4. The highest BCUT2D eigenvalue weighted by atomic mass is 16.5. The molecule has 2 unspecified atom stereocenters. The maximum Gasteiger partial charge on any atom is 0.307 e. The smallest absolute Gasteiger partial charge is 0.307 e. The number of carbonyl (C=O) groups excluding carboxylic acids is 1. The summed E-state index contributed by atoms with van der Waals surface area (Å²) in [6, 6.07) is 0. The number of hydrogen-bond donors (Lipinski definition) is 1. The topological polar surface area (TPSA) is 38.3 Å². The molecule has 0 aromatic rings. The minimum absolute atomic E-state index is 0.0488. The summed E-state index contributed by atoms with van der Waals surface area (Å²) in [6.45, 7) is 12.4. The summed E-state index contributed by atoms with van der Waals surface area (Å²) in [5.74, 6) is 0.479. The third kappa shape index (κ3) is 4.47. The van der Waals surface area contributed by atoms with E-state index in [0.717, 1.165) is 19.4 Å². The van der Waals surface area contributed by atoms with Crippen molar-refractivity contribution in [3.63, 3.8) is 0 Å². The Hall–Kier alpha value is -0.570. The van der Waals surface area contributed by atoms with Crippen LogP contribution >= 0.6 is 0 Å². The predicted molar refractivity (Wildman–Crippen MR) is 83.7 cm³/mol. The zero-order valence-electron chi connectivity index (χ0n) is 14.1. The van der Waals surface area contributed by atoms with Crippen molar-refractivity contribution in [3.8, 4) is 0 Å². The van der Waals surface area contributed by atoms with Gasteiger partial charge in [-0.15, -0.1) is 0 Å². The molecule has 1 saturated carbocycles. The molecule has 0 saturated heterocycles. The Kier molecular flexibility index (Phi) is 6.50. The predicted octanol–water partition coefficient (Wildman–Crippen LogP) is 3.91. The first-order valence-corrected chi connectivity index (χ1v) is 8.26. The molecule has 0 spiro atoms. The number of rotatable bonds is 6. The highest BCUT2D eigenvalue weighted by molar-refractivity contribution is 5.71. The molecule has 1 rings (SSSR count). The number of ether oxygens (including phenoxy) is 1. The van der Waals surface area contributed by atoms with Crippen LogP contribution in [0.4, 0.5) is 0 Å². The molecule has 1 fully saturated rings. The number of hydrogen-bond acceptors (Lipinski definition) is 3. The van der Waals surface area contributed by atoms with E-state index in [4.69, 9.17) is 4.74 Å². The molecule has 2 atom stereocenters. The summed E-state index contributed by atoms with van der Waals surface area (Å²) in [5.41, 5.74) is 0.145. The number of nitrogens with one attached hydrogen (secondary N) is 1. The quantitative estimate of drug-likeness (QED) is 0.751. The first kappa shape index (κ1) is 17.5. The SMILES string of the molecule is CCCNC1(CC(=O)OCC)CCCCC1C(C)(C)C. The lowest BCUT2D eigenvalue weighted by Gasteiger charge is -2.50. The van der Waals surface area contributed by atoms with Crippen LogP contribution in [0.3, 0.4) is 0 Å². The van der Waals surface area contributed by atoms with Gasteiger partial charge in [0.15, 0.2) is 0 Å². The molecule has 20 heavy (non-hydrogen) atoms. The summed E-state index contributed by atoms with van der Waals surface area (Å²) in [6.07, 6.45) is 6.40. The van der Waals surface area contributed by atoms with E-state index < -0.39 is 0 Å². The van der Waals surface area contributed by atoms with Crippen LogP contribution in [0.2, 0.25) is 0 Å².